The predicted molar refractivity (Wildman–Crippen MR) is 81.8 cm³/mol. The van der Waals surface area contributed by atoms with E-state index in [4.69, 9.17) is 5.73 Å². The lowest BCUT2D eigenvalue weighted by molar-refractivity contribution is 0.119. The Labute approximate surface area is 119 Å². The van der Waals surface area contributed by atoms with Gasteiger partial charge in [-0.2, -0.15) is 0 Å². The van der Waals surface area contributed by atoms with Crippen LogP contribution in [0.4, 0.5) is 0 Å². The molecule has 1 rings (SSSR count). The van der Waals surface area contributed by atoms with Gasteiger partial charge in [0, 0.05) is 0 Å². The molecule has 1 saturated carbocycles. The van der Waals surface area contributed by atoms with E-state index in [-0.39, 0.29) is 0 Å². The third-order valence-electron chi connectivity index (χ3n) is 4.67. The molecule has 0 aromatic heterocycles. The van der Waals surface area contributed by atoms with E-state index in [2.05, 4.69) is 13.8 Å². The molecule has 0 aromatic rings. The predicted octanol–water partition coefficient (Wildman–Crippen LogP) is 2.99. The Morgan fingerprint density at radius 1 is 1.21 bits per heavy atom. The third-order valence-corrected chi connectivity index (χ3v) is 7.31. The molecule has 0 saturated heterocycles. The summed E-state index contributed by atoms with van der Waals surface area (Å²) in [6.07, 6.45) is 4.22. The number of sulfone groups is 1. The van der Waals surface area contributed by atoms with E-state index in [1.165, 1.54) is 6.42 Å². The van der Waals surface area contributed by atoms with Crippen LogP contribution in [0, 0.1) is 17.3 Å². The summed E-state index contributed by atoms with van der Waals surface area (Å²) >= 11 is 0. The third kappa shape index (κ3) is 4.45. The number of nitrogens with two attached hydrogens (primary N) is 1. The van der Waals surface area contributed by atoms with Crippen LogP contribution in [0.1, 0.15) is 60.3 Å². The highest BCUT2D eigenvalue weighted by molar-refractivity contribution is 7.92. The van der Waals surface area contributed by atoms with Gasteiger partial charge in [0.2, 0.25) is 0 Å². The topological polar surface area (TPSA) is 60.2 Å². The summed E-state index contributed by atoms with van der Waals surface area (Å²) in [6, 6.07) is 0. The van der Waals surface area contributed by atoms with Gasteiger partial charge < -0.3 is 5.73 Å². The van der Waals surface area contributed by atoms with Gasteiger partial charge in [0.05, 0.1) is 10.5 Å². The largest absolute Gasteiger partial charge is 0.330 e. The fourth-order valence-corrected chi connectivity index (χ4v) is 4.28. The molecule has 0 spiro atoms. The van der Waals surface area contributed by atoms with Crippen molar-refractivity contribution in [2.75, 3.05) is 12.3 Å². The highest BCUT2D eigenvalue weighted by Crippen LogP contribution is 2.43. The minimum absolute atomic E-state index is 0.299. The summed E-state index contributed by atoms with van der Waals surface area (Å²) in [5.74, 6) is 1.27. The standard InChI is InChI=1S/C15H31NO2S/c1-14(2,3)19(17,18)9-7-12-10-15(4,5)8-6-13(12)11-16/h12-13H,6-11,16H2,1-5H3. The first kappa shape index (κ1) is 17.0. The van der Waals surface area contributed by atoms with Crippen LogP contribution in [-0.4, -0.2) is 25.5 Å². The van der Waals surface area contributed by atoms with E-state index in [1.807, 2.05) is 0 Å². The second-order valence-electron chi connectivity index (χ2n) is 7.88. The molecule has 1 fully saturated rings. The molecule has 3 nitrogen and oxygen atoms in total. The van der Waals surface area contributed by atoms with Gasteiger partial charge in [-0.15, -0.1) is 0 Å². The van der Waals surface area contributed by atoms with Crippen LogP contribution in [0.3, 0.4) is 0 Å². The van der Waals surface area contributed by atoms with Crippen molar-refractivity contribution in [1.29, 1.82) is 0 Å². The summed E-state index contributed by atoms with van der Waals surface area (Å²) in [7, 11) is -3.01. The van der Waals surface area contributed by atoms with Crippen molar-refractivity contribution in [1.82, 2.24) is 0 Å². The van der Waals surface area contributed by atoms with Crippen molar-refractivity contribution in [3.05, 3.63) is 0 Å². The molecule has 1 aliphatic carbocycles. The highest BCUT2D eigenvalue weighted by Gasteiger charge is 2.36. The summed E-state index contributed by atoms with van der Waals surface area (Å²) in [5, 5.41) is 0. The second-order valence-corrected chi connectivity index (χ2v) is 10.7. The second kappa shape index (κ2) is 5.72. The molecular weight excluding hydrogens is 258 g/mol. The minimum atomic E-state index is -3.01. The Morgan fingerprint density at radius 3 is 2.26 bits per heavy atom. The molecule has 2 N–H and O–H groups in total. The van der Waals surface area contributed by atoms with Gasteiger partial charge in [0.15, 0.2) is 9.84 Å². The molecule has 0 radical (unpaired) electrons. The van der Waals surface area contributed by atoms with Gasteiger partial charge in [0.25, 0.3) is 0 Å². The van der Waals surface area contributed by atoms with Crippen molar-refractivity contribution >= 4 is 9.84 Å². The molecule has 0 aromatic carbocycles. The van der Waals surface area contributed by atoms with E-state index in [9.17, 15) is 8.42 Å². The zero-order chi connectivity index (χ0) is 14.9. The zero-order valence-corrected chi connectivity index (χ0v) is 14.0. The van der Waals surface area contributed by atoms with Crippen LogP contribution < -0.4 is 5.73 Å². The first-order valence-electron chi connectivity index (χ1n) is 7.41. The van der Waals surface area contributed by atoms with Gasteiger partial charge in [-0.3, -0.25) is 0 Å². The number of rotatable bonds is 4. The van der Waals surface area contributed by atoms with E-state index >= 15 is 0 Å². The fourth-order valence-electron chi connectivity index (χ4n) is 3.05. The smallest absolute Gasteiger partial charge is 0.155 e. The molecule has 0 bridgehead atoms. The number of hydrogen-bond donors (Lipinski definition) is 1. The average molecular weight is 289 g/mol. The van der Waals surface area contributed by atoms with Crippen LogP contribution in [0.5, 0.6) is 0 Å². The summed E-state index contributed by atoms with van der Waals surface area (Å²) < 4.78 is 23.8. The average Bonchev–Trinajstić information content (AvgIpc) is 2.24. The van der Waals surface area contributed by atoms with E-state index in [0.29, 0.717) is 29.5 Å². The van der Waals surface area contributed by atoms with Crippen molar-refractivity contribution in [2.45, 2.75) is 65.0 Å². The van der Waals surface area contributed by atoms with Gasteiger partial charge >= 0.3 is 0 Å². The lowest BCUT2D eigenvalue weighted by Crippen LogP contribution is -2.37. The molecular formula is C15H31NO2S. The maximum Gasteiger partial charge on any atom is 0.155 e. The monoisotopic (exact) mass is 289 g/mol. The van der Waals surface area contributed by atoms with Crippen molar-refractivity contribution in [3.63, 3.8) is 0 Å². The fraction of sp³-hybridized carbons (Fsp3) is 1.00. The zero-order valence-electron chi connectivity index (χ0n) is 13.2. The maximum atomic E-state index is 12.2. The Balaban J connectivity index is 2.69. The highest BCUT2D eigenvalue weighted by atomic mass is 32.2. The maximum absolute atomic E-state index is 12.2. The summed E-state index contributed by atoms with van der Waals surface area (Å²) in [5.41, 5.74) is 6.19. The molecule has 114 valence electrons. The van der Waals surface area contributed by atoms with Crippen LogP contribution >= 0.6 is 0 Å². The van der Waals surface area contributed by atoms with E-state index in [1.54, 1.807) is 20.8 Å². The Morgan fingerprint density at radius 2 is 1.79 bits per heavy atom. The van der Waals surface area contributed by atoms with Crippen LogP contribution in [0.2, 0.25) is 0 Å². The van der Waals surface area contributed by atoms with Gasteiger partial charge in [-0.05, 0) is 70.3 Å². The lowest BCUT2D eigenvalue weighted by Gasteiger charge is -2.40. The molecule has 2 unspecified atom stereocenters. The summed E-state index contributed by atoms with van der Waals surface area (Å²) in [4.78, 5) is 0. The van der Waals surface area contributed by atoms with Crippen molar-refractivity contribution < 1.29 is 8.42 Å². The Kier molecular flexibility index (Phi) is 5.11. The Hall–Kier alpha value is -0.0900. The normalized spacial score (nSPS) is 28.3. The molecule has 1 aliphatic rings. The Bertz CT molecular complexity index is 393. The van der Waals surface area contributed by atoms with E-state index in [0.717, 1.165) is 19.3 Å². The lowest BCUT2D eigenvalue weighted by atomic mass is 9.66. The van der Waals surface area contributed by atoms with Crippen molar-refractivity contribution in [2.24, 2.45) is 23.0 Å². The first-order chi connectivity index (χ1) is 8.48. The minimum Gasteiger partial charge on any atom is -0.330 e. The van der Waals surface area contributed by atoms with Crippen LogP contribution in [0.25, 0.3) is 0 Å². The quantitative estimate of drug-likeness (QED) is 0.865. The molecule has 2 atom stereocenters. The van der Waals surface area contributed by atoms with Gasteiger partial charge in [-0.1, -0.05) is 13.8 Å². The first-order valence-corrected chi connectivity index (χ1v) is 9.06. The summed E-state index contributed by atoms with van der Waals surface area (Å²) in [6.45, 7) is 10.6. The SMILES string of the molecule is CC1(C)CCC(CN)C(CCS(=O)(=O)C(C)(C)C)C1. The van der Waals surface area contributed by atoms with E-state index < -0.39 is 14.6 Å². The van der Waals surface area contributed by atoms with Gasteiger partial charge in [0.1, 0.15) is 0 Å². The van der Waals surface area contributed by atoms with Crippen LogP contribution in [0.15, 0.2) is 0 Å². The van der Waals surface area contributed by atoms with Crippen molar-refractivity contribution in [3.8, 4) is 0 Å². The number of hydrogen-bond acceptors (Lipinski definition) is 3. The molecule has 0 amide bonds. The molecule has 0 heterocycles. The molecule has 0 aliphatic heterocycles. The van der Waals surface area contributed by atoms with Crippen LogP contribution in [-0.2, 0) is 9.84 Å². The molecule has 19 heavy (non-hydrogen) atoms. The van der Waals surface area contributed by atoms with Gasteiger partial charge in [-0.25, -0.2) is 8.42 Å². The molecule has 4 heteroatoms.